The predicted octanol–water partition coefficient (Wildman–Crippen LogP) is 4.29. The van der Waals surface area contributed by atoms with Crippen LogP contribution < -0.4 is 10.1 Å². The molecule has 104 valence electrons. The van der Waals surface area contributed by atoms with Gasteiger partial charge in [-0.2, -0.15) is 0 Å². The molecule has 0 aliphatic rings. The molecule has 0 atom stereocenters. The van der Waals surface area contributed by atoms with E-state index >= 15 is 0 Å². The Balaban J connectivity index is 2.08. The highest BCUT2D eigenvalue weighted by molar-refractivity contribution is 9.10. The number of halogens is 2. The first kappa shape index (κ1) is 14.9. The average molecular weight is 355 g/mol. The monoisotopic (exact) mass is 353 g/mol. The lowest BCUT2D eigenvalue weighted by molar-refractivity contribution is -0.115. The van der Waals surface area contributed by atoms with Crippen LogP contribution in [-0.4, -0.2) is 13.0 Å². The molecule has 1 N–H and O–H groups in total. The van der Waals surface area contributed by atoms with E-state index in [1.807, 2.05) is 24.3 Å². The fourth-order valence-electron chi connectivity index (χ4n) is 1.75. The van der Waals surface area contributed by atoms with Gasteiger partial charge < -0.3 is 10.1 Å². The molecule has 5 heteroatoms. The van der Waals surface area contributed by atoms with Gasteiger partial charge in [0.2, 0.25) is 5.91 Å². The summed E-state index contributed by atoms with van der Waals surface area (Å²) >= 11 is 9.29. The molecule has 20 heavy (non-hydrogen) atoms. The van der Waals surface area contributed by atoms with Crippen molar-refractivity contribution >= 4 is 39.1 Å². The standard InChI is InChI=1S/C15H13BrClNO2/c1-20-12-5-6-13(16)14(9-12)18-15(19)8-10-3-2-4-11(17)7-10/h2-7,9H,8H2,1H3,(H,18,19). The zero-order valence-corrected chi connectivity index (χ0v) is 13.2. The largest absolute Gasteiger partial charge is 0.497 e. The molecule has 0 saturated heterocycles. The molecule has 2 rings (SSSR count). The summed E-state index contributed by atoms with van der Waals surface area (Å²) in [7, 11) is 1.58. The molecule has 0 unspecified atom stereocenters. The number of hydrogen-bond donors (Lipinski definition) is 1. The van der Waals surface area contributed by atoms with Crippen molar-refractivity contribution in [1.29, 1.82) is 0 Å². The molecule has 0 heterocycles. The molecule has 0 aliphatic heterocycles. The summed E-state index contributed by atoms with van der Waals surface area (Å²) in [5.74, 6) is 0.576. The van der Waals surface area contributed by atoms with E-state index in [-0.39, 0.29) is 12.3 Å². The van der Waals surface area contributed by atoms with Crippen molar-refractivity contribution < 1.29 is 9.53 Å². The van der Waals surface area contributed by atoms with Crippen LogP contribution in [0.25, 0.3) is 0 Å². The highest BCUT2D eigenvalue weighted by Gasteiger charge is 2.08. The van der Waals surface area contributed by atoms with Crippen molar-refractivity contribution in [2.24, 2.45) is 0 Å². The van der Waals surface area contributed by atoms with Gasteiger partial charge in [0.25, 0.3) is 0 Å². The van der Waals surface area contributed by atoms with Gasteiger partial charge in [-0.25, -0.2) is 0 Å². The van der Waals surface area contributed by atoms with Crippen LogP contribution in [0.5, 0.6) is 5.75 Å². The Kier molecular flexibility index (Phi) is 5.04. The lowest BCUT2D eigenvalue weighted by Gasteiger charge is -2.09. The second-order valence-corrected chi connectivity index (χ2v) is 5.49. The first-order chi connectivity index (χ1) is 9.58. The fourth-order valence-corrected chi connectivity index (χ4v) is 2.31. The molecule has 0 aliphatic carbocycles. The van der Waals surface area contributed by atoms with Crippen molar-refractivity contribution in [3.05, 3.63) is 57.5 Å². The number of amides is 1. The second-order valence-electron chi connectivity index (χ2n) is 4.20. The Morgan fingerprint density at radius 3 is 2.80 bits per heavy atom. The molecule has 2 aromatic carbocycles. The summed E-state index contributed by atoms with van der Waals surface area (Å²) in [6, 6.07) is 12.7. The van der Waals surface area contributed by atoms with Gasteiger partial charge in [-0.15, -0.1) is 0 Å². The van der Waals surface area contributed by atoms with Gasteiger partial charge in [0.15, 0.2) is 0 Å². The van der Waals surface area contributed by atoms with E-state index in [1.165, 1.54) is 0 Å². The van der Waals surface area contributed by atoms with E-state index in [2.05, 4.69) is 21.2 Å². The summed E-state index contributed by atoms with van der Waals surface area (Å²) in [5, 5.41) is 3.47. The molecule has 0 spiro atoms. The highest BCUT2D eigenvalue weighted by atomic mass is 79.9. The average Bonchev–Trinajstić information content (AvgIpc) is 2.41. The Morgan fingerprint density at radius 1 is 1.30 bits per heavy atom. The van der Waals surface area contributed by atoms with Crippen molar-refractivity contribution in [3.63, 3.8) is 0 Å². The van der Waals surface area contributed by atoms with E-state index in [0.717, 1.165) is 10.0 Å². The molecule has 0 saturated carbocycles. The predicted molar refractivity (Wildman–Crippen MR) is 84.5 cm³/mol. The fraction of sp³-hybridized carbons (Fsp3) is 0.133. The van der Waals surface area contributed by atoms with Gasteiger partial charge >= 0.3 is 0 Å². The van der Waals surface area contributed by atoms with Gasteiger partial charge in [0.1, 0.15) is 5.75 Å². The SMILES string of the molecule is COc1ccc(Br)c(NC(=O)Cc2cccc(Cl)c2)c1. The van der Waals surface area contributed by atoms with Crippen LogP contribution in [0.15, 0.2) is 46.9 Å². The minimum atomic E-state index is -0.110. The number of methoxy groups -OCH3 is 1. The molecule has 2 aromatic rings. The van der Waals surface area contributed by atoms with Crippen LogP contribution in [0, 0.1) is 0 Å². The molecule has 0 radical (unpaired) electrons. The number of rotatable bonds is 4. The summed E-state index contributed by atoms with van der Waals surface area (Å²) in [5.41, 5.74) is 1.55. The van der Waals surface area contributed by atoms with Crippen LogP contribution in [0.2, 0.25) is 5.02 Å². The van der Waals surface area contributed by atoms with Gasteiger partial charge in [0, 0.05) is 15.6 Å². The van der Waals surface area contributed by atoms with Gasteiger partial charge in [-0.3, -0.25) is 4.79 Å². The number of ether oxygens (including phenoxy) is 1. The smallest absolute Gasteiger partial charge is 0.228 e. The van der Waals surface area contributed by atoms with Crippen molar-refractivity contribution in [3.8, 4) is 5.75 Å². The summed E-state index contributed by atoms with van der Waals surface area (Å²) in [6.45, 7) is 0. The van der Waals surface area contributed by atoms with Gasteiger partial charge in [0.05, 0.1) is 19.2 Å². The Morgan fingerprint density at radius 2 is 2.10 bits per heavy atom. The van der Waals surface area contributed by atoms with Crippen molar-refractivity contribution in [2.75, 3.05) is 12.4 Å². The van der Waals surface area contributed by atoms with E-state index < -0.39 is 0 Å². The quantitative estimate of drug-likeness (QED) is 0.889. The Labute approximate surface area is 131 Å². The van der Waals surface area contributed by atoms with Crippen LogP contribution >= 0.6 is 27.5 Å². The highest BCUT2D eigenvalue weighted by Crippen LogP contribution is 2.27. The molecule has 0 aromatic heterocycles. The third-order valence-electron chi connectivity index (χ3n) is 2.70. The zero-order chi connectivity index (χ0) is 14.5. The number of nitrogens with one attached hydrogen (secondary N) is 1. The molecule has 3 nitrogen and oxygen atoms in total. The maximum atomic E-state index is 12.0. The maximum absolute atomic E-state index is 12.0. The lowest BCUT2D eigenvalue weighted by atomic mass is 10.1. The summed E-state index contributed by atoms with van der Waals surface area (Å²) < 4.78 is 5.94. The zero-order valence-electron chi connectivity index (χ0n) is 10.8. The molecule has 1 amide bonds. The molecular weight excluding hydrogens is 342 g/mol. The van der Waals surface area contributed by atoms with Crippen LogP contribution in [-0.2, 0) is 11.2 Å². The van der Waals surface area contributed by atoms with E-state index in [9.17, 15) is 4.79 Å². The third kappa shape index (κ3) is 3.99. The number of carbonyl (C=O) groups is 1. The van der Waals surface area contributed by atoms with Gasteiger partial charge in [-0.1, -0.05) is 23.7 Å². The number of anilines is 1. The number of carbonyl (C=O) groups excluding carboxylic acids is 1. The van der Waals surface area contributed by atoms with Gasteiger partial charge in [-0.05, 0) is 45.8 Å². The normalized spacial score (nSPS) is 10.2. The van der Waals surface area contributed by atoms with Crippen LogP contribution in [0.4, 0.5) is 5.69 Å². The first-order valence-corrected chi connectivity index (χ1v) is 7.13. The topological polar surface area (TPSA) is 38.3 Å². The van der Waals surface area contributed by atoms with Crippen LogP contribution in [0.1, 0.15) is 5.56 Å². The van der Waals surface area contributed by atoms with E-state index in [4.69, 9.17) is 16.3 Å². The first-order valence-electron chi connectivity index (χ1n) is 5.96. The molecule has 0 fully saturated rings. The molecular formula is C15H13BrClNO2. The molecule has 0 bridgehead atoms. The maximum Gasteiger partial charge on any atom is 0.228 e. The number of hydrogen-bond acceptors (Lipinski definition) is 2. The number of benzene rings is 2. The van der Waals surface area contributed by atoms with E-state index in [0.29, 0.717) is 16.5 Å². The van der Waals surface area contributed by atoms with E-state index in [1.54, 1.807) is 25.3 Å². The minimum absolute atomic E-state index is 0.110. The third-order valence-corrected chi connectivity index (χ3v) is 3.63. The Hall–Kier alpha value is -1.52. The van der Waals surface area contributed by atoms with Crippen LogP contribution in [0.3, 0.4) is 0 Å². The lowest BCUT2D eigenvalue weighted by Crippen LogP contribution is -2.14. The van der Waals surface area contributed by atoms with Crippen molar-refractivity contribution in [2.45, 2.75) is 6.42 Å². The second kappa shape index (κ2) is 6.77. The van der Waals surface area contributed by atoms with Crippen molar-refractivity contribution in [1.82, 2.24) is 0 Å². The summed E-state index contributed by atoms with van der Waals surface area (Å²) in [4.78, 5) is 12.0. The minimum Gasteiger partial charge on any atom is -0.497 e. The summed E-state index contributed by atoms with van der Waals surface area (Å²) in [6.07, 6.45) is 0.268. The Bertz CT molecular complexity index is 631.